The summed E-state index contributed by atoms with van der Waals surface area (Å²) in [5, 5.41) is 2.16. The fraction of sp³-hybridized carbons (Fsp3) is 0.0312. The van der Waals surface area contributed by atoms with Crippen LogP contribution in [0, 0.1) is 0 Å². The Balaban J connectivity index is 0.681. The topological polar surface area (TPSA) is 37.4 Å². The van der Waals surface area contributed by atoms with Crippen molar-refractivity contribution in [3.63, 3.8) is 0 Å². The molecule has 75 heavy (non-hydrogen) atoms. The Labute approximate surface area is 464 Å². The van der Waals surface area contributed by atoms with E-state index in [1.54, 1.807) is 68.0 Å². The van der Waals surface area contributed by atoms with Crippen molar-refractivity contribution in [1.82, 2.24) is 0 Å². The van der Waals surface area contributed by atoms with Crippen LogP contribution in [0.5, 0.6) is 0 Å². The molecule has 8 heterocycles. The van der Waals surface area contributed by atoms with Crippen molar-refractivity contribution in [1.29, 1.82) is 0 Å². The molecule has 1 atom stereocenters. The van der Waals surface area contributed by atoms with E-state index in [-0.39, 0.29) is 5.92 Å². The molecule has 0 aliphatic carbocycles. The molecular formula is C64H39NO2S8. The fourth-order valence-corrected chi connectivity index (χ4v) is 19.4. The largest absolute Gasteiger partial charge is 0.311 e. The summed E-state index contributed by atoms with van der Waals surface area (Å²) in [5.41, 5.74) is 12.7. The number of hydrogen-bond acceptors (Lipinski definition) is 11. The van der Waals surface area contributed by atoms with Crippen LogP contribution in [0.15, 0.2) is 206 Å². The molecule has 1 unspecified atom stereocenters. The monoisotopic (exact) mass is 1110 g/mol. The second kappa shape index (κ2) is 19.7. The smallest absolute Gasteiger partial charge is 0.160 e. The van der Waals surface area contributed by atoms with Crippen LogP contribution < -0.4 is 4.90 Å². The maximum Gasteiger partial charge on any atom is 0.160 e. The van der Waals surface area contributed by atoms with E-state index in [1.165, 1.54) is 71.7 Å². The molecule has 0 aliphatic rings. The maximum absolute atomic E-state index is 12.9. The third-order valence-corrected chi connectivity index (χ3v) is 23.2. The molecular weight excluding hydrogens is 1070 g/mol. The minimum Gasteiger partial charge on any atom is -0.311 e. The number of carbonyl (C=O) groups excluding carboxylic acids is 2. The zero-order valence-corrected chi connectivity index (χ0v) is 46.1. The van der Waals surface area contributed by atoms with E-state index in [1.807, 2.05) is 28.7 Å². The van der Waals surface area contributed by atoms with Gasteiger partial charge in [-0.1, -0.05) is 121 Å². The summed E-state index contributed by atoms with van der Waals surface area (Å²) in [7, 11) is 0. The number of fused-ring (bicyclic) bond motifs is 4. The number of anilines is 3. The van der Waals surface area contributed by atoms with Gasteiger partial charge in [-0.05, 0) is 130 Å². The van der Waals surface area contributed by atoms with Gasteiger partial charge >= 0.3 is 0 Å². The molecule has 0 radical (unpaired) electrons. The minimum atomic E-state index is 0.196. The van der Waals surface area contributed by atoms with Crippen LogP contribution in [-0.2, 0) is 6.42 Å². The van der Waals surface area contributed by atoms with Crippen LogP contribution in [-0.4, -0.2) is 12.6 Å². The number of carbonyl (C=O) groups is 2. The Kier molecular flexibility index (Phi) is 12.2. The Morgan fingerprint density at radius 1 is 0.387 bits per heavy atom. The zero-order valence-electron chi connectivity index (χ0n) is 39.6. The quantitative estimate of drug-likeness (QED) is 0.102. The first-order valence-electron chi connectivity index (χ1n) is 24.3. The number of aldehydes is 2. The van der Waals surface area contributed by atoms with Crippen molar-refractivity contribution in [3.8, 4) is 51.5 Å². The number of nitrogens with zero attached hydrogens (tertiary/aromatic N) is 1. The summed E-state index contributed by atoms with van der Waals surface area (Å²) in [6, 6.07) is 72.8. The van der Waals surface area contributed by atoms with Crippen LogP contribution in [0.25, 0.3) is 89.1 Å². The van der Waals surface area contributed by atoms with Crippen molar-refractivity contribution in [3.05, 3.63) is 233 Å². The molecule has 8 aromatic heterocycles. The number of rotatable bonds is 14. The summed E-state index contributed by atoms with van der Waals surface area (Å²) in [5.74, 6) is 0.196. The first kappa shape index (κ1) is 46.6. The summed E-state index contributed by atoms with van der Waals surface area (Å²) < 4.78 is 9.69. The number of thiophene rings is 8. The van der Waals surface area contributed by atoms with E-state index in [9.17, 15) is 9.59 Å². The predicted octanol–water partition coefficient (Wildman–Crippen LogP) is 21.6. The molecule has 0 N–H and O–H groups in total. The second-order valence-corrected chi connectivity index (χ2v) is 26.8. The van der Waals surface area contributed by atoms with E-state index < -0.39 is 0 Å². The third kappa shape index (κ3) is 8.87. The third-order valence-electron chi connectivity index (χ3n) is 13.7. The van der Waals surface area contributed by atoms with Gasteiger partial charge in [-0.3, -0.25) is 9.59 Å². The highest BCUT2D eigenvalue weighted by atomic mass is 32.1. The van der Waals surface area contributed by atoms with Gasteiger partial charge in [-0.2, -0.15) is 0 Å². The highest BCUT2D eigenvalue weighted by molar-refractivity contribution is 7.35. The second-order valence-electron chi connectivity index (χ2n) is 18.3. The van der Waals surface area contributed by atoms with Crippen LogP contribution in [0.2, 0.25) is 0 Å². The summed E-state index contributed by atoms with van der Waals surface area (Å²) in [4.78, 5) is 34.4. The van der Waals surface area contributed by atoms with Crippen LogP contribution in [0.4, 0.5) is 17.1 Å². The van der Waals surface area contributed by atoms with Crippen molar-refractivity contribution < 1.29 is 9.59 Å². The number of para-hydroxylation sites is 1. The van der Waals surface area contributed by atoms with Crippen molar-refractivity contribution >= 4 is 158 Å². The standard InChI is InChI=1S/C64H39NO2S8/c66-36-48-30-57-58(69-48)32-53(71-57)42-17-15-40(16-18-42)49(39-7-3-1-4-8-39)29-38-11-13-41(14-12-38)55-34-62-64(74-55)50(37-67)63(75-62)61-35-60-59(73-61)33-54(72-60)44-21-25-47(26-22-44)65(45-9-5-2-6-10-45)46-23-19-43(20-24-46)52-31-56-51(70-52)27-28-68-56/h1-28,30-37,49H,29H2. The van der Waals surface area contributed by atoms with Crippen LogP contribution >= 0.6 is 90.7 Å². The lowest BCUT2D eigenvalue weighted by Crippen LogP contribution is -2.09. The highest BCUT2D eigenvalue weighted by Crippen LogP contribution is 2.50. The van der Waals surface area contributed by atoms with Crippen molar-refractivity contribution in [2.75, 3.05) is 4.90 Å². The zero-order chi connectivity index (χ0) is 50.0. The summed E-state index contributed by atoms with van der Waals surface area (Å²) >= 11 is 14.0. The first-order valence-corrected chi connectivity index (χ1v) is 30.9. The van der Waals surface area contributed by atoms with Gasteiger partial charge in [-0.25, -0.2) is 0 Å². The first-order chi connectivity index (χ1) is 37.0. The van der Waals surface area contributed by atoms with E-state index >= 15 is 0 Å². The van der Waals surface area contributed by atoms with Crippen molar-refractivity contribution in [2.24, 2.45) is 0 Å². The molecule has 0 amide bonds. The molecule has 360 valence electrons. The number of benzene rings is 6. The molecule has 6 aromatic carbocycles. The predicted molar refractivity (Wildman–Crippen MR) is 331 cm³/mol. The molecule has 11 heteroatoms. The molecule has 0 fully saturated rings. The SMILES string of the molecule is O=Cc1cc2sc(-c3ccc(C(Cc4ccc(-c5cc6sc(-c7cc8sc(-c9ccc(N(c%10ccccc%10)c%10ccc(-c%11cc%12sccc%12s%11)cc%10)cc9)cc8s7)c(C=O)c6s5)cc4)c4ccccc4)cc3)cc2s1. The normalized spacial score (nSPS) is 12.1. The van der Waals surface area contributed by atoms with Crippen LogP contribution in [0.1, 0.15) is 42.6 Å². The molecule has 0 saturated heterocycles. The lowest BCUT2D eigenvalue weighted by atomic mass is 9.85. The van der Waals surface area contributed by atoms with Gasteiger partial charge in [0.2, 0.25) is 0 Å². The van der Waals surface area contributed by atoms with E-state index in [0.717, 1.165) is 80.6 Å². The molecule has 14 rings (SSSR count). The van der Waals surface area contributed by atoms with E-state index in [2.05, 4.69) is 204 Å². The molecule has 0 spiro atoms. The van der Waals surface area contributed by atoms with Gasteiger partial charge < -0.3 is 4.90 Å². The Morgan fingerprint density at radius 2 is 0.867 bits per heavy atom. The average molecular weight is 1110 g/mol. The van der Waals surface area contributed by atoms with Gasteiger partial charge in [0.15, 0.2) is 12.6 Å². The summed E-state index contributed by atoms with van der Waals surface area (Å²) in [6.07, 6.45) is 2.86. The van der Waals surface area contributed by atoms with Crippen LogP contribution in [0.3, 0.4) is 0 Å². The summed E-state index contributed by atoms with van der Waals surface area (Å²) in [6.45, 7) is 0. The minimum absolute atomic E-state index is 0.196. The van der Waals surface area contributed by atoms with Gasteiger partial charge in [0.05, 0.1) is 20.0 Å². The van der Waals surface area contributed by atoms with E-state index in [4.69, 9.17) is 0 Å². The Bertz CT molecular complexity index is 4260. The molecule has 0 aliphatic heterocycles. The fourth-order valence-electron chi connectivity index (χ4n) is 10.00. The van der Waals surface area contributed by atoms with Gasteiger partial charge in [0.25, 0.3) is 0 Å². The molecule has 0 bridgehead atoms. The van der Waals surface area contributed by atoms with Gasteiger partial charge in [0.1, 0.15) is 0 Å². The molecule has 3 nitrogen and oxygen atoms in total. The van der Waals surface area contributed by atoms with Crippen molar-refractivity contribution in [2.45, 2.75) is 12.3 Å². The lowest BCUT2D eigenvalue weighted by molar-refractivity contribution is 0.111. The maximum atomic E-state index is 12.9. The number of hydrogen-bond donors (Lipinski definition) is 0. The Hall–Kier alpha value is -6.90. The van der Waals surface area contributed by atoms with Gasteiger partial charge in [0, 0.05) is 80.3 Å². The van der Waals surface area contributed by atoms with E-state index in [0.29, 0.717) is 0 Å². The van der Waals surface area contributed by atoms with Gasteiger partial charge in [-0.15, -0.1) is 90.7 Å². The molecule has 14 aromatic rings. The average Bonchev–Trinajstić information content (AvgIpc) is 4.33. The Morgan fingerprint density at radius 3 is 1.47 bits per heavy atom. The molecule has 0 saturated carbocycles. The highest BCUT2D eigenvalue weighted by Gasteiger charge is 2.22. The lowest BCUT2D eigenvalue weighted by Gasteiger charge is -2.25.